The van der Waals surface area contributed by atoms with Crippen molar-refractivity contribution in [3.63, 3.8) is 0 Å². The highest BCUT2D eigenvalue weighted by Gasteiger charge is 2.15. The molecule has 32 heavy (non-hydrogen) atoms. The maximum absolute atomic E-state index is 14.1. The van der Waals surface area contributed by atoms with Crippen LogP contribution in [0.3, 0.4) is 0 Å². The zero-order chi connectivity index (χ0) is 22.1. The molecule has 1 saturated heterocycles. The van der Waals surface area contributed by atoms with Gasteiger partial charge in [-0.25, -0.2) is 14.4 Å². The Bertz CT molecular complexity index is 1250. The van der Waals surface area contributed by atoms with Crippen molar-refractivity contribution in [2.24, 2.45) is 0 Å². The lowest BCUT2D eigenvalue weighted by Crippen LogP contribution is -2.38. The Morgan fingerprint density at radius 2 is 2.00 bits per heavy atom. The van der Waals surface area contributed by atoms with Crippen LogP contribution in [-0.2, 0) is 11.3 Å². The Balaban J connectivity index is 1.39. The van der Waals surface area contributed by atoms with Crippen LogP contribution in [0, 0.1) is 5.82 Å². The van der Waals surface area contributed by atoms with Crippen LogP contribution in [0.4, 0.5) is 10.2 Å². The van der Waals surface area contributed by atoms with Crippen LogP contribution in [0.1, 0.15) is 0 Å². The maximum atomic E-state index is 14.1. The fourth-order valence-electron chi connectivity index (χ4n) is 3.82. The Hall–Kier alpha value is -3.50. The van der Waals surface area contributed by atoms with Gasteiger partial charge in [0.2, 0.25) is 0 Å². The second-order valence-corrected chi connectivity index (χ2v) is 7.69. The van der Waals surface area contributed by atoms with Crippen LogP contribution in [0.25, 0.3) is 33.5 Å². The van der Waals surface area contributed by atoms with Crippen LogP contribution in [0.5, 0.6) is 5.75 Å². The lowest BCUT2D eigenvalue weighted by Gasteiger charge is -2.26. The molecule has 10 heteroatoms. The number of hydrogen-bond acceptors (Lipinski definition) is 7. The summed E-state index contributed by atoms with van der Waals surface area (Å²) in [5, 5.41) is 4.49. The average molecular weight is 437 g/mol. The first-order valence-corrected chi connectivity index (χ1v) is 10.4. The van der Waals surface area contributed by atoms with E-state index in [1.807, 2.05) is 23.1 Å². The number of nitrogens with one attached hydrogen (secondary N) is 1. The highest BCUT2D eigenvalue weighted by molar-refractivity contribution is 5.84. The zero-order valence-corrected chi connectivity index (χ0v) is 17.7. The fourth-order valence-corrected chi connectivity index (χ4v) is 3.82. The summed E-state index contributed by atoms with van der Waals surface area (Å²) in [5.74, 6) is 0.526. The number of morpholine rings is 1. The van der Waals surface area contributed by atoms with Crippen molar-refractivity contribution in [3.8, 4) is 28.3 Å². The van der Waals surface area contributed by atoms with Crippen LogP contribution in [0.15, 0.2) is 36.8 Å². The summed E-state index contributed by atoms with van der Waals surface area (Å²) < 4.78 is 26.4. The number of fused-ring (bicyclic) bond motifs is 1. The van der Waals surface area contributed by atoms with Crippen LogP contribution in [0.2, 0.25) is 0 Å². The molecule has 0 atom stereocenters. The van der Waals surface area contributed by atoms with E-state index in [4.69, 9.17) is 15.2 Å². The number of pyridine rings is 1. The number of rotatable bonds is 6. The Labute approximate surface area is 184 Å². The summed E-state index contributed by atoms with van der Waals surface area (Å²) in [4.78, 5) is 14.4. The van der Waals surface area contributed by atoms with Gasteiger partial charge < -0.3 is 20.2 Å². The minimum Gasteiger partial charge on any atom is -0.494 e. The second-order valence-electron chi connectivity index (χ2n) is 7.69. The van der Waals surface area contributed by atoms with Gasteiger partial charge >= 0.3 is 0 Å². The average Bonchev–Trinajstić information content (AvgIpc) is 3.45. The van der Waals surface area contributed by atoms with Gasteiger partial charge in [-0.05, 0) is 6.07 Å². The van der Waals surface area contributed by atoms with E-state index in [9.17, 15) is 4.39 Å². The number of nitrogens with zero attached hydrogens (tertiary/aromatic N) is 5. The number of aromatic nitrogens is 5. The molecule has 1 aromatic carbocycles. The van der Waals surface area contributed by atoms with Gasteiger partial charge in [0.25, 0.3) is 0 Å². The molecule has 0 saturated carbocycles. The molecule has 0 unspecified atom stereocenters. The molecule has 5 rings (SSSR count). The van der Waals surface area contributed by atoms with Gasteiger partial charge in [-0.3, -0.25) is 9.58 Å². The van der Waals surface area contributed by atoms with Crippen molar-refractivity contribution in [1.82, 2.24) is 29.6 Å². The van der Waals surface area contributed by atoms with Gasteiger partial charge in [0.1, 0.15) is 11.6 Å². The number of imidazole rings is 1. The Kier molecular flexibility index (Phi) is 5.46. The van der Waals surface area contributed by atoms with Gasteiger partial charge in [-0.15, -0.1) is 0 Å². The molecule has 4 heterocycles. The number of H-pyrrole nitrogens is 1. The standard InChI is InChI=1S/C22H24FN7O2/c1-31-20-10-19-18(9-17(20)23)27-22(28-19)16-8-14(11-25-21(16)24)15-12-26-30(13-15)3-2-29-4-6-32-7-5-29/h8-13H,2-7H2,1H3,(H2,24,25)(H,27,28). The number of benzene rings is 1. The molecule has 0 bridgehead atoms. The van der Waals surface area contributed by atoms with E-state index in [2.05, 4.69) is 25.0 Å². The molecule has 0 amide bonds. The number of nitrogens with two attached hydrogens (primary N) is 1. The van der Waals surface area contributed by atoms with Gasteiger partial charge in [-0.1, -0.05) is 0 Å². The Morgan fingerprint density at radius 1 is 1.16 bits per heavy atom. The molecule has 4 aromatic rings. The van der Waals surface area contributed by atoms with E-state index >= 15 is 0 Å². The van der Waals surface area contributed by atoms with Crippen molar-refractivity contribution in [3.05, 3.63) is 42.6 Å². The molecule has 1 fully saturated rings. The number of nitrogen functional groups attached to an aromatic ring is 1. The van der Waals surface area contributed by atoms with E-state index in [1.54, 1.807) is 12.3 Å². The van der Waals surface area contributed by atoms with Gasteiger partial charge in [0, 0.05) is 55.3 Å². The molecule has 9 nitrogen and oxygen atoms in total. The third kappa shape index (κ3) is 4.02. The largest absolute Gasteiger partial charge is 0.494 e. The first-order valence-electron chi connectivity index (χ1n) is 10.4. The van der Waals surface area contributed by atoms with E-state index in [0.717, 1.165) is 50.5 Å². The lowest BCUT2D eigenvalue weighted by molar-refractivity contribution is 0.0360. The number of halogens is 1. The molecule has 1 aliphatic rings. The van der Waals surface area contributed by atoms with Crippen LogP contribution < -0.4 is 10.5 Å². The summed E-state index contributed by atoms with van der Waals surface area (Å²) in [6.45, 7) is 5.19. The summed E-state index contributed by atoms with van der Waals surface area (Å²) in [7, 11) is 1.42. The van der Waals surface area contributed by atoms with Crippen molar-refractivity contribution >= 4 is 16.9 Å². The van der Waals surface area contributed by atoms with Crippen molar-refractivity contribution in [2.45, 2.75) is 6.54 Å². The Morgan fingerprint density at radius 3 is 2.81 bits per heavy atom. The number of aromatic amines is 1. The minimum atomic E-state index is -0.459. The van der Waals surface area contributed by atoms with Crippen molar-refractivity contribution in [2.75, 3.05) is 45.7 Å². The van der Waals surface area contributed by atoms with Gasteiger partial charge in [0.05, 0.1) is 49.7 Å². The van der Waals surface area contributed by atoms with Gasteiger partial charge in [-0.2, -0.15) is 5.10 Å². The summed E-state index contributed by atoms with van der Waals surface area (Å²) in [6.07, 6.45) is 5.53. The predicted octanol–water partition coefficient (Wildman–Crippen LogP) is 2.55. The smallest absolute Gasteiger partial charge is 0.167 e. The summed E-state index contributed by atoms with van der Waals surface area (Å²) in [5.41, 5.74) is 9.72. The van der Waals surface area contributed by atoms with Crippen LogP contribution in [-0.4, -0.2) is 69.6 Å². The SMILES string of the molecule is COc1cc2nc(-c3cc(-c4cnn(CCN5CCOCC5)c4)cnc3N)[nH]c2cc1F. The monoisotopic (exact) mass is 437 g/mol. The fraction of sp³-hybridized carbons (Fsp3) is 0.318. The molecule has 1 aliphatic heterocycles. The number of hydrogen-bond donors (Lipinski definition) is 2. The van der Waals surface area contributed by atoms with E-state index in [-0.39, 0.29) is 5.75 Å². The summed E-state index contributed by atoms with van der Waals surface area (Å²) in [6, 6.07) is 4.82. The van der Waals surface area contributed by atoms with Crippen LogP contribution >= 0.6 is 0 Å². The molecule has 3 N–H and O–H groups in total. The second kappa shape index (κ2) is 8.56. The zero-order valence-electron chi connectivity index (χ0n) is 17.7. The first kappa shape index (κ1) is 20.4. The lowest BCUT2D eigenvalue weighted by atomic mass is 10.1. The quantitative estimate of drug-likeness (QED) is 0.477. The normalized spacial score (nSPS) is 14.8. The molecule has 3 aromatic heterocycles. The maximum Gasteiger partial charge on any atom is 0.167 e. The van der Waals surface area contributed by atoms with Crippen molar-refractivity contribution in [1.29, 1.82) is 0 Å². The van der Waals surface area contributed by atoms with Crippen molar-refractivity contribution < 1.29 is 13.9 Å². The molecule has 0 spiro atoms. The number of ether oxygens (including phenoxy) is 2. The number of methoxy groups -OCH3 is 1. The third-order valence-electron chi connectivity index (χ3n) is 5.64. The topological polar surface area (TPSA) is 107 Å². The molecular weight excluding hydrogens is 413 g/mol. The van der Waals surface area contributed by atoms with E-state index < -0.39 is 5.82 Å². The minimum absolute atomic E-state index is 0.139. The first-order chi connectivity index (χ1) is 15.6. The van der Waals surface area contributed by atoms with E-state index in [0.29, 0.717) is 28.2 Å². The van der Waals surface area contributed by atoms with E-state index in [1.165, 1.54) is 13.2 Å². The molecule has 0 radical (unpaired) electrons. The molecule has 166 valence electrons. The third-order valence-corrected chi connectivity index (χ3v) is 5.64. The predicted molar refractivity (Wildman–Crippen MR) is 119 cm³/mol. The van der Waals surface area contributed by atoms with Gasteiger partial charge in [0.15, 0.2) is 11.6 Å². The highest BCUT2D eigenvalue weighted by Crippen LogP contribution is 2.31. The highest BCUT2D eigenvalue weighted by atomic mass is 19.1. The number of anilines is 1. The summed E-state index contributed by atoms with van der Waals surface area (Å²) >= 11 is 0. The molecule has 0 aliphatic carbocycles. The molecular formula is C22H24FN7O2.